The van der Waals surface area contributed by atoms with Crippen LogP contribution < -0.4 is 5.32 Å². The first-order chi connectivity index (χ1) is 12.3. The number of aromatic nitrogens is 1. The second-order valence-electron chi connectivity index (χ2n) is 6.06. The lowest BCUT2D eigenvalue weighted by Crippen LogP contribution is -2.14. The summed E-state index contributed by atoms with van der Waals surface area (Å²) in [5, 5.41) is 4.16. The zero-order chi connectivity index (χ0) is 17.1. The third-order valence-electron chi connectivity index (χ3n) is 4.19. The van der Waals surface area contributed by atoms with Gasteiger partial charge in [-0.15, -0.1) is 0 Å². The van der Waals surface area contributed by atoms with Gasteiger partial charge in [-0.2, -0.15) is 0 Å². The molecule has 1 amide bonds. The summed E-state index contributed by atoms with van der Waals surface area (Å²) in [7, 11) is 0. The van der Waals surface area contributed by atoms with Crippen molar-refractivity contribution in [1.29, 1.82) is 0 Å². The van der Waals surface area contributed by atoms with Crippen LogP contribution in [0.25, 0.3) is 22.2 Å². The number of fused-ring (bicyclic) bond motifs is 1. The molecule has 0 unspecified atom stereocenters. The van der Waals surface area contributed by atoms with Crippen molar-refractivity contribution in [3.8, 4) is 11.3 Å². The molecule has 0 aliphatic heterocycles. The van der Waals surface area contributed by atoms with Crippen molar-refractivity contribution in [2.24, 2.45) is 0 Å². The maximum Gasteiger partial charge on any atom is 0.228 e. The first-order valence-electron chi connectivity index (χ1n) is 8.30. The fourth-order valence-corrected chi connectivity index (χ4v) is 2.98. The minimum absolute atomic E-state index is 0.0139. The highest BCUT2D eigenvalue weighted by Gasteiger charge is 2.07. The molecule has 0 spiro atoms. The lowest BCUT2D eigenvalue weighted by molar-refractivity contribution is -0.115. The summed E-state index contributed by atoms with van der Waals surface area (Å²) in [5.74, 6) is -0.0139. The van der Waals surface area contributed by atoms with Gasteiger partial charge in [-0.3, -0.25) is 4.79 Å². The Balaban J connectivity index is 1.54. The molecule has 1 heterocycles. The van der Waals surface area contributed by atoms with E-state index in [0.29, 0.717) is 6.42 Å². The number of carbonyl (C=O) groups is 1. The lowest BCUT2D eigenvalue weighted by Gasteiger charge is -2.07. The number of hydrogen-bond donors (Lipinski definition) is 2. The molecule has 2 N–H and O–H groups in total. The number of rotatable bonds is 4. The fourth-order valence-electron chi connectivity index (χ4n) is 2.98. The van der Waals surface area contributed by atoms with Gasteiger partial charge in [0.1, 0.15) is 0 Å². The maximum atomic E-state index is 12.3. The van der Waals surface area contributed by atoms with Crippen LogP contribution >= 0.6 is 0 Å². The number of aromatic amines is 1. The number of H-pyrrole nitrogens is 1. The Hall–Kier alpha value is -3.33. The molecular formula is C22H18N2O. The number of benzene rings is 3. The molecule has 3 aromatic carbocycles. The molecule has 0 radical (unpaired) electrons. The molecular weight excluding hydrogens is 308 g/mol. The maximum absolute atomic E-state index is 12.3. The fraction of sp³-hybridized carbons (Fsp3) is 0.0455. The summed E-state index contributed by atoms with van der Waals surface area (Å²) in [6, 6.07) is 28.0. The predicted octanol–water partition coefficient (Wildman–Crippen LogP) is 5.02. The first-order valence-corrected chi connectivity index (χ1v) is 8.30. The van der Waals surface area contributed by atoms with Gasteiger partial charge in [0.15, 0.2) is 0 Å². The number of carbonyl (C=O) groups excluding carboxylic acids is 1. The zero-order valence-corrected chi connectivity index (χ0v) is 13.7. The molecule has 122 valence electrons. The van der Waals surface area contributed by atoms with Crippen LogP contribution in [0.15, 0.2) is 84.9 Å². The van der Waals surface area contributed by atoms with E-state index in [-0.39, 0.29) is 5.91 Å². The van der Waals surface area contributed by atoms with Crippen molar-refractivity contribution in [1.82, 2.24) is 4.98 Å². The van der Waals surface area contributed by atoms with Crippen molar-refractivity contribution >= 4 is 22.5 Å². The minimum Gasteiger partial charge on any atom is -0.355 e. The number of hydrogen-bond acceptors (Lipinski definition) is 1. The molecule has 0 saturated carbocycles. The van der Waals surface area contributed by atoms with Gasteiger partial charge in [0.25, 0.3) is 0 Å². The Morgan fingerprint density at radius 3 is 2.48 bits per heavy atom. The summed E-state index contributed by atoms with van der Waals surface area (Å²) >= 11 is 0. The molecule has 0 atom stereocenters. The standard InChI is InChI=1S/C22H18N2O/c25-22(13-16-7-2-1-3-8-16)23-19-11-6-10-17(14-19)21-15-18-9-4-5-12-20(18)24-21/h1-12,14-15,24H,13H2,(H,23,25). The summed E-state index contributed by atoms with van der Waals surface area (Å²) in [4.78, 5) is 15.7. The number of anilines is 1. The molecule has 0 aliphatic carbocycles. The lowest BCUT2D eigenvalue weighted by atomic mass is 10.1. The monoisotopic (exact) mass is 326 g/mol. The van der Waals surface area contributed by atoms with E-state index in [0.717, 1.165) is 28.0 Å². The summed E-state index contributed by atoms with van der Waals surface area (Å²) in [5.41, 5.74) is 5.01. The van der Waals surface area contributed by atoms with Crippen molar-refractivity contribution in [2.45, 2.75) is 6.42 Å². The summed E-state index contributed by atoms with van der Waals surface area (Å²) in [6.45, 7) is 0. The van der Waals surface area contributed by atoms with Crippen molar-refractivity contribution < 1.29 is 4.79 Å². The summed E-state index contributed by atoms with van der Waals surface area (Å²) in [6.07, 6.45) is 0.372. The number of amides is 1. The van der Waals surface area contributed by atoms with Gasteiger partial charge in [0.05, 0.1) is 6.42 Å². The highest BCUT2D eigenvalue weighted by Crippen LogP contribution is 2.26. The van der Waals surface area contributed by atoms with E-state index < -0.39 is 0 Å². The van der Waals surface area contributed by atoms with Crippen molar-refractivity contribution in [2.75, 3.05) is 5.32 Å². The SMILES string of the molecule is O=C(Cc1ccccc1)Nc1cccc(-c2cc3ccccc3[nH]2)c1. The van der Waals surface area contributed by atoms with Gasteiger partial charge in [-0.25, -0.2) is 0 Å². The molecule has 25 heavy (non-hydrogen) atoms. The Labute approximate surface area is 146 Å². The molecule has 3 nitrogen and oxygen atoms in total. The Bertz CT molecular complexity index is 985. The number of nitrogens with one attached hydrogen (secondary N) is 2. The molecule has 0 aliphatic rings. The predicted molar refractivity (Wildman–Crippen MR) is 103 cm³/mol. The van der Waals surface area contributed by atoms with Crippen molar-refractivity contribution in [3.05, 3.63) is 90.5 Å². The molecule has 3 heteroatoms. The molecule has 0 saturated heterocycles. The number of para-hydroxylation sites is 1. The Morgan fingerprint density at radius 1 is 0.840 bits per heavy atom. The Morgan fingerprint density at radius 2 is 1.64 bits per heavy atom. The first kappa shape index (κ1) is 15.2. The van der Waals surface area contributed by atoms with Gasteiger partial charge in [0, 0.05) is 27.8 Å². The molecule has 4 rings (SSSR count). The van der Waals surface area contributed by atoms with E-state index in [4.69, 9.17) is 0 Å². The normalized spacial score (nSPS) is 10.7. The molecule has 1 aromatic heterocycles. The second-order valence-corrected chi connectivity index (χ2v) is 6.06. The van der Waals surface area contributed by atoms with Crippen LogP contribution in [0.4, 0.5) is 5.69 Å². The van der Waals surface area contributed by atoms with Gasteiger partial charge in [-0.05, 0) is 29.8 Å². The smallest absolute Gasteiger partial charge is 0.228 e. The van der Waals surface area contributed by atoms with Crippen LogP contribution in [-0.4, -0.2) is 10.9 Å². The van der Waals surface area contributed by atoms with Gasteiger partial charge < -0.3 is 10.3 Å². The van der Waals surface area contributed by atoms with Gasteiger partial charge in [0.2, 0.25) is 5.91 Å². The van der Waals surface area contributed by atoms with Crippen LogP contribution in [0.1, 0.15) is 5.56 Å². The third-order valence-corrected chi connectivity index (χ3v) is 4.19. The quantitative estimate of drug-likeness (QED) is 0.543. The molecule has 4 aromatic rings. The van der Waals surface area contributed by atoms with Gasteiger partial charge in [-0.1, -0.05) is 60.7 Å². The highest BCUT2D eigenvalue weighted by atomic mass is 16.1. The topological polar surface area (TPSA) is 44.9 Å². The van der Waals surface area contributed by atoms with Crippen LogP contribution in [0.2, 0.25) is 0 Å². The largest absolute Gasteiger partial charge is 0.355 e. The second kappa shape index (κ2) is 6.65. The average molecular weight is 326 g/mol. The highest BCUT2D eigenvalue weighted by molar-refractivity contribution is 5.93. The van der Waals surface area contributed by atoms with Crippen LogP contribution in [-0.2, 0) is 11.2 Å². The minimum atomic E-state index is -0.0139. The molecule has 0 bridgehead atoms. The van der Waals surface area contributed by atoms with Crippen molar-refractivity contribution in [3.63, 3.8) is 0 Å². The average Bonchev–Trinajstić information content (AvgIpc) is 3.07. The summed E-state index contributed by atoms with van der Waals surface area (Å²) < 4.78 is 0. The third kappa shape index (κ3) is 3.45. The van der Waals surface area contributed by atoms with Gasteiger partial charge >= 0.3 is 0 Å². The van der Waals surface area contributed by atoms with Crippen LogP contribution in [0.5, 0.6) is 0 Å². The van der Waals surface area contributed by atoms with E-state index in [2.05, 4.69) is 28.5 Å². The van der Waals surface area contributed by atoms with E-state index in [1.54, 1.807) is 0 Å². The zero-order valence-electron chi connectivity index (χ0n) is 13.7. The van der Waals surface area contributed by atoms with Crippen LogP contribution in [0.3, 0.4) is 0 Å². The van der Waals surface area contributed by atoms with E-state index in [9.17, 15) is 4.79 Å². The van der Waals surface area contributed by atoms with E-state index >= 15 is 0 Å². The van der Waals surface area contributed by atoms with E-state index in [1.165, 1.54) is 5.39 Å². The Kier molecular flexibility index (Phi) is 4.05. The molecule has 0 fully saturated rings. The van der Waals surface area contributed by atoms with E-state index in [1.807, 2.05) is 66.7 Å². The van der Waals surface area contributed by atoms with Crippen LogP contribution in [0, 0.1) is 0 Å².